The van der Waals surface area contributed by atoms with Gasteiger partial charge in [0, 0.05) is 6.42 Å². The van der Waals surface area contributed by atoms with Gasteiger partial charge in [0.15, 0.2) is 0 Å². The molecule has 8 nitrogen and oxygen atoms in total. The van der Waals surface area contributed by atoms with Crippen molar-refractivity contribution in [1.29, 1.82) is 0 Å². The number of hydrogen-bond acceptors (Lipinski definition) is 6. The first-order chi connectivity index (χ1) is 28.0. The number of phosphoric acid groups is 1. The number of quaternary nitrogens is 1. The summed E-state index contributed by atoms with van der Waals surface area (Å²) < 4.78 is 23.2. The number of phosphoric ester groups is 1. The van der Waals surface area contributed by atoms with Crippen molar-refractivity contribution in [3.8, 4) is 0 Å². The Hall–Kier alpha value is -1.80. The number of unbranched alkanes of at least 4 members (excludes halogenated alkanes) is 19. The lowest BCUT2D eigenvalue weighted by Crippen LogP contribution is -2.46. The van der Waals surface area contributed by atoms with Gasteiger partial charge in [-0.15, -0.1) is 0 Å². The van der Waals surface area contributed by atoms with E-state index in [0.717, 1.165) is 70.6 Å². The average Bonchev–Trinajstić information content (AvgIpc) is 3.17. The van der Waals surface area contributed by atoms with Gasteiger partial charge in [0.2, 0.25) is 5.91 Å². The first-order valence-electron chi connectivity index (χ1n) is 23.6. The number of amides is 1. The number of aliphatic hydroxyl groups is 1. The maximum atomic E-state index is 12.9. The van der Waals surface area contributed by atoms with E-state index in [9.17, 15) is 19.4 Å². The molecule has 0 fully saturated rings. The van der Waals surface area contributed by atoms with E-state index in [1.54, 1.807) is 0 Å². The zero-order valence-corrected chi connectivity index (χ0v) is 39.1. The van der Waals surface area contributed by atoms with Gasteiger partial charge >= 0.3 is 0 Å². The molecule has 0 rings (SSSR count). The molecule has 0 radical (unpaired) electrons. The van der Waals surface area contributed by atoms with Gasteiger partial charge in [-0.2, -0.15) is 0 Å². The van der Waals surface area contributed by atoms with Crippen LogP contribution in [0, 0.1) is 0 Å². The molecule has 1 amide bonds. The van der Waals surface area contributed by atoms with E-state index in [4.69, 9.17) is 9.05 Å². The molecule has 2 N–H and O–H groups in total. The third-order valence-corrected chi connectivity index (χ3v) is 11.2. The van der Waals surface area contributed by atoms with Gasteiger partial charge in [-0.3, -0.25) is 9.36 Å². The van der Waals surface area contributed by atoms with Gasteiger partial charge in [-0.1, -0.05) is 190 Å². The Morgan fingerprint density at radius 2 is 1.05 bits per heavy atom. The van der Waals surface area contributed by atoms with Crippen molar-refractivity contribution in [2.75, 3.05) is 40.9 Å². The Kier molecular flexibility index (Phi) is 39.3. The van der Waals surface area contributed by atoms with Crippen molar-refractivity contribution in [3.05, 3.63) is 60.8 Å². The zero-order chi connectivity index (χ0) is 42.8. The summed E-state index contributed by atoms with van der Waals surface area (Å²) in [4.78, 5) is 25.3. The van der Waals surface area contributed by atoms with E-state index >= 15 is 0 Å². The first-order valence-corrected chi connectivity index (χ1v) is 25.1. The van der Waals surface area contributed by atoms with Gasteiger partial charge in [-0.25, -0.2) is 0 Å². The minimum atomic E-state index is -4.56. The summed E-state index contributed by atoms with van der Waals surface area (Å²) >= 11 is 0. The second-order valence-electron chi connectivity index (χ2n) is 17.1. The summed E-state index contributed by atoms with van der Waals surface area (Å²) in [5.74, 6) is -0.173. The lowest BCUT2D eigenvalue weighted by Gasteiger charge is -2.30. The fourth-order valence-electron chi connectivity index (χ4n) is 6.54. The second kappa shape index (κ2) is 40.6. The van der Waals surface area contributed by atoms with Crippen molar-refractivity contribution < 1.29 is 32.9 Å². The molecule has 3 atom stereocenters. The van der Waals surface area contributed by atoms with Crippen LogP contribution in [0.15, 0.2) is 60.8 Å². The van der Waals surface area contributed by atoms with Crippen LogP contribution in [-0.2, 0) is 18.4 Å². The van der Waals surface area contributed by atoms with Crippen LogP contribution in [0.2, 0.25) is 0 Å². The monoisotopic (exact) mass is 835 g/mol. The fraction of sp³-hybridized carbons (Fsp3) is 0.776. The number of likely N-dealkylation sites (N-methyl/N-ethyl adjacent to an activating group) is 1. The summed E-state index contributed by atoms with van der Waals surface area (Å²) in [6.45, 7) is 4.57. The molecule has 0 aromatic rings. The minimum Gasteiger partial charge on any atom is -0.756 e. The lowest BCUT2D eigenvalue weighted by molar-refractivity contribution is -0.870. The quantitative estimate of drug-likeness (QED) is 0.0274. The zero-order valence-electron chi connectivity index (χ0n) is 38.2. The summed E-state index contributed by atoms with van der Waals surface area (Å²) in [6.07, 6.45) is 52.4. The van der Waals surface area contributed by atoms with Crippen LogP contribution in [-0.4, -0.2) is 68.5 Å². The Balaban J connectivity index is 4.13. The van der Waals surface area contributed by atoms with Gasteiger partial charge in [0.1, 0.15) is 13.2 Å². The number of nitrogens with one attached hydrogen (secondary N) is 1. The molecule has 0 spiro atoms. The SMILES string of the molecule is CC/C=C\C/C=C\C/C=C\C/C=C\C/C=C\CCCCCCCCCCCCCC(=O)NC(COP(=O)([O-])OCC[N+](C)(C)C)C(O)CCCCCCCCCCC. The Morgan fingerprint density at radius 3 is 1.53 bits per heavy atom. The van der Waals surface area contributed by atoms with Crippen LogP contribution >= 0.6 is 7.82 Å². The van der Waals surface area contributed by atoms with E-state index in [0.29, 0.717) is 23.9 Å². The van der Waals surface area contributed by atoms with Crippen LogP contribution in [0.25, 0.3) is 0 Å². The molecule has 0 aliphatic heterocycles. The minimum absolute atomic E-state index is 0.00921. The molecule has 0 aromatic heterocycles. The van der Waals surface area contributed by atoms with Crippen LogP contribution in [0.4, 0.5) is 0 Å². The van der Waals surface area contributed by atoms with Gasteiger partial charge < -0.3 is 28.8 Å². The smallest absolute Gasteiger partial charge is 0.268 e. The average molecular weight is 835 g/mol. The number of nitrogens with zero attached hydrogens (tertiary/aromatic N) is 1. The third-order valence-electron chi connectivity index (χ3n) is 10.3. The molecule has 0 saturated heterocycles. The van der Waals surface area contributed by atoms with E-state index in [-0.39, 0.29) is 19.1 Å². The molecule has 58 heavy (non-hydrogen) atoms. The van der Waals surface area contributed by atoms with Crippen molar-refractivity contribution >= 4 is 13.7 Å². The number of carbonyl (C=O) groups excluding carboxylic acids is 1. The molecule has 0 bridgehead atoms. The molecule has 3 unspecified atom stereocenters. The van der Waals surface area contributed by atoms with E-state index < -0.39 is 20.0 Å². The summed E-state index contributed by atoms with van der Waals surface area (Å²) in [6, 6.07) is -0.802. The molecule has 0 saturated carbocycles. The number of hydrogen-bond donors (Lipinski definition) is 2. The Labute approximate surface area is 358 Å². The highest BCUT2D eigenvalue weighted by Gasteiger charge is 2.24. The van der Waals surface area contributed by atoms with Gasteiger partial charge in [-0.05, 0) is 57.8 Å². The molecular formula is C49H91N2O6P. The third kappa shape index (κ3) is 42.3. The van der Waals surface area contributed by atoms with E-state index in [1.165, 1.54) is 96.3 Å². The number of carbonyl (C=O) groups is 1. The molecule has 9 heteroatoms. The topological polar surface area (TPSA) is 108 Å². The first kappa shape index (κ1) is 56.2. The summed E-state index contributed by atoms with van der Waals surface area (Å²) in [7, 11) is 1.29. The Morgan fingerprint density at radius 1 is 0.621 bits per heavy atom. The molecular weight excluding hydrogens is 744 g/mol. The van der Waals surface area contributed by atoms with Crippen LogP contribution in [0.5, 0.6) is 0 Å². The molecule has 0 aliphatic rings. The van der Waals surface area contributed by atoms with Crippen molar-refractivity contribution in [2.45, 2.75) is 206 Å². The normalized spacial score (nSPS) is 14.8. The van der Waals surface area contributed by atoms with E-state index in [1.807, 2.05) is 21.1 Å². The maximum absolute atomic E-state index is 12.9. The predicted octanol–water partition coefficient (Wildman–Crippen LogP) is 12.8. The van der Waals surface area contributed by atoms with Crippen molar-refractivity contribution in [3.63, 3.8) is 0 Å². The maximum Gasteiger partial charge on any atom is 0.268 e. The van der Waals surface area contributed by atoms with Crippen LogP contribution in [0.3, 0.4) is 0 Å². The standard InChI is InChI=1S/C49H91N2O6P/c1-6-8-10-12-14-16-17-18-19-20-21-22-23-24-25-26-27-28-29-30-31-32-33-35-37-39-41-43-49(53)50-47(46-57-58(54,55)56-45-44-51(3,4)5)48(52)42-40-38-36-34-15-13-11-9-7-2/h8,10,14,16,18-19,21-22,24-25,47-48,52H,6-7,9,11-13,15,17,20,23,26-46H2,1-5H3,(H-,50,53,54,55)/b10-8-,16-14-,19-18-,22-21-,25-24-. The summed E-state index contributed by atoms with van der Waals surface area (Å²) in [5.41, 5.74) is 0. The highest BCUT2D eigenvalue weighted by molar-refractivity contribution is 7.45. The van der Waals surface area contributed by atoms with Crippen LogP contribution < -0.4 is 10.2 Å². The van der Waals surface area contributed by atoms with E-state index in [2.05, 4.69) is 79.9 Å². The molecule has 0 aliphatic carbocycles. The fourth-order valence-corrected chi connectivity index (χ4v) is 7.26. The molecule has 338 valence electrons. The molecule has 0 aromatic carbocycles. The highest BCUT2D eigenvalue weighted by Crippen LogP contribution is 2.38. The van der Waals surface area contributed by atoms with Gasteiger partial charge in [0.25, 0.3) is 7.82 Å². The number of rotatable bonds is 42. The van der Waals surface area contributed by atoms with Crippen LogP contribution in [0.1, 0.15) is 194 Å². The highest BCUT2D eigenvalue weighted by atomic mass is 31.2. The number of aliphatic hydroxyl groups excluding tert-OH is 1. The number of allylic oxidation sites excluding steroid dienone is 10. The molecule has 0 heterocycles. The van der Waals surface area contributed by atoms with Gasteiger partial charge in [0.05, 0.1) is 39.9 Å². The summed E-state index contributed by atoms with van der Waals surface area (Å²) in [5, 5.41) is 13.8. The largest absolute Gasteiger partial charge is 0.756 e. The Bertz CT molecular complexity index is 1130. The lowest BCUT2D eigenvalue weighted by atomic mass is 10.0. The predicted molar refractivity (Wildman–Crippen MR) is 247 cm³/mol. The second-order valence-corrected chi connectivity index (χ2v) is 18.5. The van der Waals surface area contributed by atoms with Crippen molar-refractivity contribution in [1.82, 2.24) is 5.32 Å². The van der Waals surface area contributed by atoms with Crippen molar-refractivity contribution in [2.24, 2.45) is 0 Å².